The summed E-state index contributed by atoms with van der Waals surface area (Å²) in [5, 5.41) is 31.5. The first-order valence-corrected chi connectivity index (χ1v) is 29.8. The van der Waals surface area contributed by atoms with E-state index >= 15 is 0 Å². The number of carbonyl (C=O) groups excluding carboxylic acids is 10. The number of hydrogen-bond donors (Lipinski definition) is 9. The van der Waals surface area contributed by atoms with E-state index in [9.17, 15) is 53.1 Å². The van der Waals surface area contributed by atoms with Gasteiger partial charge in [0.15, 0.2) is 5.78 Å². The van der Waals surface area contributed by atoms with Crippen molar-refractivity contribution in [1.82, 2.24) is 52.3 Å². The quantitative estimate of drug-likeness (QED) is 0.0308. The van der Waals surface area contributed by atoms with Crippen molar-refractivity contribution in [1.29, 1.82) is 0 Å². The van der Waals surface area contributed by atoms with Crippen molar-refractivity contribution >= 4 is 58.9 Å². The minimum Gasteiger partial charge on any atom is -0.395 e. The predicted molar refractivity (Wildman–Crippen MR) is 316 cm³/mol. The molecule has 9 amide bonds. The number of unbranched alkanes of at least 4 members (excludes halogenated alkanes) is 5. The summed E-state index contributed by atoms with van der Waals surface area (Å²) in [6.07, 6.45) is 12.9. The van der Waals surface area contributed by atoms with Gasteiger partial charge >= 0.3 is 0 Å². The Morgan fingerprint density at radius 3 is 1.70 bits per heavy atom. The van der Waals surface area contributed by atoms with Gasteiger partial charge < -0.3 is 57.4 Å². The molecule has 81 heavy (non-hydrogen) atoms. The first-order chi connectivity index (χ1) is 37.5. The number of nitrogens with one attached hydrogen (secondary N) is 8. The zero-order valence-electron chi connectivity index (χ0n) is 52.8. The van der Waals surface area contributed by atoms with Crippen LogP contribution in [0, 0.1) is 23.7 Å². The van der Waals surface area contributed by atoms with Gasteiger partial charge in [0.05, 0.1) is 6.61 Å². The Labute approximate surface area is 485 Å². The fourth-order valence-electron chi connectivity index (χ4n) is 9.36. The summed E-state index contributed by atoms with van der Waals surface area (Å²) < 4.78 is 0. The maximum Gasteiger partial charge on any atom is 0.246 e. The molecule has 1 aliphatic heterocycles. The Hall–Kier alpha value is -5.44. The number of allylic oxidation sites excluding steroid dienone is 2. The summed E-state index contributed by atoms with van der Waals surface area (Å²) in [6.45, 7) is 29.5. The van der Waals surface area contributed by atoms with E-state index in [0.29, 0.717) is 51.7 Å². The number of nitrogens with zero attached hydrogens (tertiary/aromatic N) is 2. The second-order valence-electron chi connectivity index (χ2n) is 25.3. The van der Waals surface area contributed by atoms with Crippen molar-refractivity contribution in [3.63, 3.8) is 0 Å². The van der Waals surface area contributed by atoms with Crippen LogP contribution in [0.4, 0.5) is 0 Å². The fraction of sp³-hybridized carbons (Fsp3) is 0.800. The molecule has 1 rings (SSSR count). The Kier molecular flexibility index (Phi) is 31.1. The highest BCUT2D eigenvalue weighted by atomic mass is 16.3. The molecule has 0 aromatic heterocycles. The molecule has 1 aliphatic rings. The molecular formula is C60H108N10O11. The standard InChI is InChI=1S/C60H108N10O11/c1-19-22-23-24-25-26-30-41(8)52(77)70-33-28-32-45(70)49(74)62-44(36-39(6)29-27-31-43(72)21-3)48(73)65-59(14,15)55(80)68-58(12,13)54(79)64-47(40(7)20-2)50(75)63-46(38(4)5)51(76)66-60(16,17)56(81)67-57(10,11)53(78)61-42(9)37-69(18)34-35-71/h27,31,38-42,44-47,71H,19-26,28-30,32-37H2,1-18H3,(H,61,78)(H,62,74)(H,63,75)(H,64,79)(H,65,73)(H,66,76)(H,67,81)(H,68,80)/b31-27+/t39-,40+,41-,42+,44+,45+,46+,47+/m1/s1. The molecule has 0 bridgehead atoms. The second-order valence-corrected chi connectivity index (χ2v) is 25.3. The van der Waals surface area contributed by atoms with Gasteiger partial charge in [-0.05, 0) is 125 Å². The molecule has 1 fully saturated rings. The fourth-order valence-corrected chi connectivity index (χ4v) is 9.36. The molecule has 0 saturated carbocycles. The Morgan fingerprint density at radius 2 is 1.17 bits per heavy atom. The van der Waals surface area contributed by atoms with E-state index in [2.05, 4.69) is 49.5 Å². The molecule has 0 unspecified atom stereocenters. The van der Waals surface area contributed by atoms with Crippen molar-refractivity contribution in [2.75, 3.05) is 33.3 Å². The van der Waals surface area contributed by atoms with Gasteiger partial charge in [-0.3, -0.25) is 47.9 Å². The minimum absolute atomic E-state index is 0.0378. The molecule has 0 radical (unpaired) electrons. The summed E-state index contributed by atoms with van der Waals surface area (Å²) in [5.74, 6) is -6.74. The second kappa shape index (κ2) is 34.2. The van der Waals surface area contributed by atoms with E-state index in [4.69, 9.17) is 0 Å². The van der Waals surface area contributed by atoms with Gasteiger partial charge in [0, 0.05) is 38.0 Å². The number of carbonyl (C=O) groups is 10. The van der Waals surface area contributed by atoms with Crippen LogP contribution in [-0.4, -0.2) is 160 Å². The predicted octanol–water partition coefficient (Wildman–Crippen LogP) is 4.48. The summed E-state index contributed by atoms with van der Waals surface area (Å²) in [7, 11) is 1.81. The van der Waals surface area contributed by atoms with Gasteiger partial charge in [-0.25, -0.2) is 0 Å². The van der Waals surface area contributed by atoms with Crippen molar-refractivity contribution in [3.05, 3.63) is 12.2 Å². The average molecular weight is 1150 g/mol. The molecule has 1 saturated heterocycles. The molecule has 9 N–H and O–H groups in total. The minimum atomic E-state index is -1.68. The van der Waals surface area contributed by atoms with Crippen LogP contribution in [0.1, 0.15) is 201 Å². The number of hydrogen-bond acceptors (Lipinski definition) is 12. The molecule has 464 valence electrons. The van der Waals surface area contributed by atoms with Crippen molar-refractivity contribution in [2.45, 2.75) is 254 Å². The molecule has 0 aromatic carbocycles. The van der Waals surface area contributed by atoms with E-state index < -0.39 is 105 Å². The molecule has 21 heteroatoms. The molecule has 0 spiro atoms. The summed E-state index contributed by atoms with van der Waals surface area (Å²) in [5.41, 5.74) is -6.29. The monoisotopic (exact) mass is 1140 g/mol. The Balaban J connectivity index is 3.27. The lowest BCUT2D eigenvalue weighted by Crippen LogP contribution is -2.67. The third-order valence-corrected chi connectivity index (χ3v) is 15.2. The van der Waals surface area contributed by atoms with Gasteiger partial charge in [0.25, 0.3) is 0 Å². The van der Waals surface area contributed by atoms with Gasteiger partial charge in [0.2, 0.25) is 53.2 Å². The topological polar surface area (TPSA) is 294 Å². The number of likely N-dealkylation sites (N-methyl/N-ethyl adjacent to an activating group) is 1. The van der Waals surface area contributed by atoms with Gasteiger partial charge in [-0.15, -0.1) is 0 Å². The molecular weight excluding hydrogens is 1040 g/mol. The van der Waals surface area contributed by atoms with Gasteiger partial charge in [-0.1, -0.05) is 106 Å². The molecule has 8 atom stereocenters. The molecule has 0 aliphatic carbocycles. The van der Waals surface area contributed by atoms with Crippen LogP contribution in [0.3, 0.4) is 0 Å². The molecule has 1 heterocycles. The number of aliphatic hydroxyl groups excluding tert-OH is 1. The SMILES string of the molecule is CCCCCCCC[C@@H](C)C(=O)N1CCC[C@H]1C(=O)N[C@@H](C[C@H](C)C/C=C/C(=O)CC)C(=O)NC(C)(C)C(=O)NC(C)(C)C(=O)N[C@H](C(=O)N[C@H](C(=O)NC(C)(C)C(=O)NC(C)(C)C(=O)N[C@@H](C)CN(C)CCO)C(C)C)[C@@H](C)CC. The Morgan fingerprint density at radius 1 is 0.642 bits per heavy atom. The number of ketones is 1. The number of rotatable bonds is 37. The van der Waals surface area contributed by atoms with Gasteiger partial charge in [-0.2, -0.15) is 0 Å². The normalized spacial score (nSPS) is 16.8. The average Bonchev–Trinajstić information content (AvgIpc) is 3.87. The van der Waals surface area contributed by atoms with E-state index in [1.807, 2.05) is 25.7 Å². The van der Waals surface area contributed by atoms with Crippen LogP contribution in [0.2, 0.25) is 0 Å². The number of amides is 9. The van der Waals surface area contributed by atoms with Crippen molar-refractivity contribution in [3.8, 4) is 0 Å². The first-order valence-electron chi connectivity index (χ1n) is 29.8. The third kappa shape index (κ3) is 24.9. The van der Waals surface area contributed by atoms with Crippen LogP contribution in [-0.2, 0) is 47.9 Å². The van der Waals surface area contributed by atoms with E-state index in [1.165, 1.54) is 74.3 Å². The Bertz CT molecular complexity index is 2140. The highest BCUT2D eigenvalue weighted by Crippen LogP contribution is 2.24. The largest absolute Gasteiger partial charge is 0.395 e. The van der Waals surface area contributed by atoms with Crippen LogP contribution < -0.4 is 42.5 Å². The lowest BCUT2D eigenvalue weighted by atomic mass is 9.93. The van der Waals surface area contributed by atoms with Gasteiger partial charge in [0.1, 0.15) is 46.3 Å². The molecule has 21 nitrogen and oxygen atoms in total. The zero-order valence-corrected chi connectivity index (χ0v) is 52.8. The van der Waals surface area contributed by atoms with Crippen LogP contribution in [0.5, 0.6) is 0 Å². The molecule has 0 aromatic rings. The number of aliphatic hydroxyl groups is 1. The van der Waals surface area contributed by atoms with Crippen LogP contribution in [0.25, 0.3) is 0 Å². The summed E-state index contributed by atoms with van der Waals surface area (Å²) >= 11 is 0. The maximum absolute atomic E-state index is 14.3. The van der Waals surface area contributed by atoms with E-state index in [-0.39, 0.29) is 42.6 Å². The smallest absolute Gasteiger partial charge is 0.246 e. The van der Waals surface area contributed by atoms with Crippen LogP contribution >= 0.6 is 0 Å². The lowest BCUT2D eigenvalue weighted by molar-refractivity contribution is -0.142. The summed E-state index contributed by atoms with van der Waals surface area (Å²) in [6, 6.07) is -4.61. The maximum atomic E-state index is 14.3. The lowest BCUT2D eigenvalue weighted by Gasteiger charge is -2.35. The zero-order chi connectivity index (χ0) is 62.2. The van der Waals surface area contributed by atoms with Crippen molar-refractivity contribution in [2.24, 2.45) is 23.7 Å². The number of likely N-dealkylation sites (tertiary alicyclic amines) is 1. The van der Waals surface area contributed by atoms with Crippen molar-refractivity contribution < 1.29 is 53.1 Å². The van der Waals surface area contributed by atoms with E-state index in [1.54, 1.807) is 52.6 Å². The highest BCUT2D eigenvalue weighted by molar-refractivity contribution is 6.01. The van der Waals surface area contributed by atoms with E-state index in [0.717, 1.165) is 32.1 Å². The summed E-state index contributed by atoms with van der Waals surface area (Å²) in [4.78, 5) is 141. The third-order valence-electron chi connectivity index (χ3n) is 15.2. The first kappa shape index (κ1) is 73.6. The highest BCUT2D eigenvalue weighted by Gasteiger charge is 2.43. The van der Waals surface area contributed by atoms with Crippen LogP contribution in [0.15, 0.2) is 12.2 Å².